The summed E-state index contributed by atoms with van der Waals surface area (Å²) >= 11 is 0. The Labute approximate surface area is 120 Å². The minimum atomic E-state index is -0.497. The van der Waals surface area contributed by atoms with Crippen LogP contribution in [0.5, 0.6) is 0 Å². The van der Waals surface area contributed by atoms with Crippen LogP contribution < -0.4 is 5.32 Å². The van der Waals surface area contributed by atoms with Crippen molar-refractivity contribution in [3.63, 3.8) is 0 Å². The van der Waals surface area contributed by atoms with Crippen LogP contribution in [0.25, 0.3) is 0 Å². The molecule has 0 aromatic heterocycles. The number of piperidine rings is 1. The van der Waals surface area contributed by atoms with Crippen LogP contribution in [0.2, 0.25) is 0 Å². The van der Waals surface area contributed by atoms with Crippen LogP contribution in [0.15, 0.2) is 18.2 Å². The molecule has 0 saturated carbocycles. The van der Waals surface area contributed by atoms with Crippen LogP contribution in [-0.2, 0) is 6.54 Å². The molecule has 1 aliphatic heterocycles. The molecular formula is C16H24F2N2. The highest BCUT2D eigenvalue weighted by Gasteiger charge is 2.19. The van der Waals surface area contributed by atoms with Gasteiger partial charge in [0.2, 0.25) is 0 Å². The lowest BCUT2D eigenvalue weighted by Gasteiger charge is -2.32. The summed E-state index contributed by atoms with van der Waals surface area (Å²) in [7, 11) is 0. The minimum absolute atomic E-state index is 0.364. The fourth-order valence-corrected chi connectivity index (χ4v) is 2.81. The van der Waals surface area contributed by atoms with Crippen molar-refractivity contribution in [2.75, 3.05) is 19.6 Å². The maximum atomic E-state index is 13.3. The predicted molar refractivity (Wildman–Crippen MR) is 77.5 cm³/mol. The Balaban J connectivity index is 2.00. The third kappa shape index (κ3) is 4.53. The molecule has 1 aromatic carbocycles. The molecule has 0 radical (unpaired) electrons. The smallest absolute Gasteiger partial charge is 0.126 e. The Morgan fingerprint density at radius 3 is 2.50 bits per heavy atom. The highest BCUT2D eigenvalue weighted by Crippen LogP contribution is 2.17. The van der Waals surface area contributed by atoms with Crippen LogP contribution in [0.4, 0.5) is 8.78 Å². The van der Waals surface area contributed by atoms with E-state index in [1.54, 1.807) is 0 Å². The van der Waals surface area contributed by atoms with Gasteiger partial charge < -0.3 is 5.32 Å². The number of halogens is 2. The first-order valence-electron chi connectivity index (χ1n) is 7.44. The zero-order valence-electron chi connectivity index (χ0n) is 12.3. The molecule has 0 aliphatic carbocycles. The molecule has 1 unspecified atom stereocenters. The molecule has 0 bridgehead atoms. The van der Waals surface area contributed by atoms with Crippen molar-refractivity contribution in [2.24, 2.45) is 5.92 Å². The summed E-state index contributed by atoms with van der Waals surface area (Å²) in [5.41, 5.74) is 0.708. The van der Waals surface area contributed by atoms with Gasteiger partial charge in [0.25, 0.3) is 0 Å². The first-order valence-corrected chi connectivity index (χ1v) is 7.44. The van der Waals surface area contributed by atoms with Crippen LogP contribution in [0.3, 0.4) is 0 Å². The largest absolute Gasteiger partial charge is 0.316 e. The second-order valence-electron chi connectivity index (χ2n) is 6.01. The molecule has 1 aliphatic rings. The number of hydrogen-bond donors (Lipinski definition) is 1. The van der Waals surface area contributed by atoms with E-state index in [0.29, 0.717) is 24.1 Å². The molecule has 4 heteroatoms. The Morgan fingerprint density at radius 2 is 1.95 bits per heavy atom. The molecule has 1 atom stereocenters. The Kier molecular flexibility index (Phi) is 5.49. The molecule has 20 heavy (non-hydrogen) atoms. The number of benzene rings is 1. The fourth-order valence-electron chi connectivity index (χ4n) is 2.81. The highest BCUT2D eigenvalue weighted by atomic mass is 19.1. The summed E-state index contributed by atoms with van der Waals surface area (Å²) in [5, 5.41) is 3.41. The van der Waals surface area contributed by atoms with Crippen molar-refractivity contribution in [1.29, 1.82) is 0 Å². The van der Waals surface area contributed by atoms with E-state index in [1.165, 1.54) is 25.0 Å². The SMILES string of the molecule is CC(C)N(Cc1cc(F)cc(F)c1)CC1CCCNC1. The van der Waals surface area contributed by atoms with Gasteiger partial charge in [0.1, 0.15) is 11.6 Å². The molecule has 1 N–H and O–H groups in total. The summed E-state index contributed by atoms with van der Waals surface area (Å²) in [6.45, 7) is 7.98. The molecule has 1 fully saturated rings. The van der Waals surface area contributed by atoms with Gasteiger partial charge in [0, 0.05) is 25.2 Å². The molecule has 0 amide bonds. The van der Waals surface area contributed by atoms with Gasteiger partial charge in [-0.05, 0) is 63.4 Å². The topological polar surface area (TPSA) is 15.3 Å². The fraction of sp³-hybridized carbons (Fsp3) is 0.625. The Hall–Kier alpha value is -1.00. The van der Waals surface area contributed by atoms with Gasteiger partial charge in [0.15, 0.2) is 0 Å². The van der Waals surface area contributed by atoms with Gasteiger partial charge in [-0.15, -0.1) is 0 Å². The van der Waals surface area contributed by atoms with E-state index in [0.717, 1.165) is 25.7 Å². The number of nitrogens with zero attached hydrogens (tertiary/aromatic N) is 1. The van der Waals surface area contributed by atoms with Gasteiger partial charge in [0.05, 0.1) is 0 Å². The molecule has 1 heterocycles. The average molecular weight is 282 g/mol. The zero-order valence-corrected chi connectivity index (χ0v) is 12.3. The van der Waals surface area contributed by atoms with E-state index in [1.807, 2.05) is 0 Å². The van der Waals surface area contributed by atoms with Gasteiger partial charge in [-0.25, -0.2) is 8.78 Å². The second kappa shape index (κ2) is 7.14. The lowest BCUT2D eigenvalue weighted by atomic mass is 9.98. The Morgan fingerprint density at radius 1 is 1.25 bits per heavy atom. The summed E-state index contributed by atoms with van der Waals surface area (Å²) in [5.74, 6) is -0.365. The van der Waals surface area contributed by atoms with E-state index in [4.69, 9.17) is 0 Å². The molecule has 2 nitrogen and oxygen atoms in total. The molecule has 2 rings (SSSR count). The summed E-state index contributed by atoms with van der Waals surface area (Å²) in [4.78, 5) is 2.30. The average Bonchev–Trinajstić information content (AvgIpc) is 2.38. The molecular weight excluding hydrogens is 258 g/mol. The van der Waals surface area contributed by atoms with Crippen molar-refractivity contribution >= 4 is 0 Å². The maximum Gasteiger partial charge on any atom is 0.126 e. The van der Waals surface area contributed by atoms with E-state index < -0.39 is 11.6 Å². The Bertz CT molecular complexity index is 408. The van der Waals surface area contributed by atoms with Gasteiger partial charge in [-0.1, -0.05) is 0 Å². The van der Waals surface area contributed by atoms with Gasteiger partial charge in [-0.3, -0.25) is 4.90 Å². The van der Waals surface area contributed by atoms with E-state index in [-0.39, 0.29) is 0 Å². The van der Waals surface area contributed by atoms with Crippen molar-refractivity contribution in [3.05, 3.63) is 35.4 Å². The van der Waals surface area contributed by atoms with Gasteiger partial charge >= 0.3 is 0 Å². The van der Waals surface area contributed by atoms with Crippen molar-refractivity contribution in [2.45, 2.75) is 39.3 Å². The molecule has 1 aromatic rings. The maximum absolute atomic E-state index is 13.3. The predicted octanol–water partition coefficient (Wildman–Crippen LogP) is 3.17. The normalized spacial score (nSPS) is 19.8. The zero-order chi connectivity index (χ0) is 14.5. The quantitative estimate of drug-likeness (QED) is 0.892. The minimum Gasteiger partial charge on any atom is -0.316 e. The van der Waals surface area contributed by atoms with E-state index in [2.05, 4.69) is 24.1 Å². The summed E-state index contributed by atoms with van der Waals surface area (Å²) in [6.07, 6.45) is 2.44. The lowest BCUT2D eigenvalue weighted by molar-refractivity contribution is 0.163. The van der Waals surface area contributed by atoms with Crippen LogP contribution in [-0.4, -0.2) is 30.6 Å². The first-order chi connectivity index (χ1) is 9.54. The van der Waals surface area contributed by atoms with E-state index >= 15 is 0 Å². The van der Waals surface area contributed by atoms with Crippen LogP contribution in [0, 0.1) is 17.6 Å². The number of nitrogens with one attached hydrogen (secondary N) is 1. The number of hydrogen-bond acceptors (Lipinski definition) is 2. The van der Waals surface area contributed by atoms with Crippen LogP contribution in [0.1, 0.15) is 32.3 Å². The highest BCUT2D eigenvalue weighted by molar-refractivity contribution is 5.17. The van der Waals surface area contributed by atoms with Crippen LogP contribution >= 0.6 is 0 Å². The number of rotatable bonds is 5. The monoisotopic (exact) mass is 282 g/mol. The van der Waals surface area contributed by atoms with E-state index in [9.17, 15) is 8.78 Å². The third-order valence-electron chi connectivity index (χ3n) is 3.93. The summed E-state index contributed by atoms with van der Waals surface area (Å²) in [6, 6.07) is 4.15. The summed E-state index contributed by atoms with van der Waals surface area (Å²) < 4.78 is 26.5. The van der Waals surface area contributed by atoms with Crippen molar-refractivity contribution in [1.82, 2.24) is 10.2 Å². The third-order valence-corrected chi connectivity index (χ3v) is 3.93. The van der Waals surface area contributed by atoms with Crippen molar-refractivity contribution in [3.8, 4) is 0 Å². The van der Waals surface area contributed by atoms with Gasteiger partial charge in [-0.2, -0.15) is 0 Å². The molecule has 0 spiro atoms. The second-order valence-corrected chi connectivity index (χ2v) is 6.01. The molecule has 1 saturated heterocycles. The standard InChI is InChI=1S/C16H24F2N2/c1-12(2)20(10-13-4-3-5-19-9-13)11-14-6-15(17)8-16(18)7-14/h6-8,12-13,19H,3-5,9-11H2,1-2H3. The lowest BCUT2D eigenvalue weighted by Crippen LogP contribution is -2.40. The van der Waals surface area contributed by atoms with Crippen molar-refractivity contribution < 1.29 is 8.78 Å². The first kappa shape index (κ1) is 15.4. The molecule has 112 valence electrons.